The van der Waals surface area contributed by atoms with Crippen LogP contribution in [-0.2, 0) is 17.8 Å². The summed E-state index contributed by atoms with van der Waals surface area (Å²) in [5, 5.41) is 1.91. The molecule has 30 heavy (non-hydrogen) atoms. The second-order valence-electron chi connectivity index (χ2n) is 7.57. The van der Waals surface area contributed by atoms with Gasteiger partial charge < -0.3 is 18.9 Å². The van der Waals surface area contributed by atoms with E-state index in [1.54, 1.807) is 14.2 Å². The molecule has 2 atom stereocenters. The van der Waals surface area contributed by atoms with Gasteiger partial charge in [-0.15, -0.1) is 6.58 Å². The Bertz CT molecular complexity index is 1040. The van der Waals surface area contributed by atoms with Crippen LogP contribution >= 0.6 is 0 Å². The maximum atomic E-state index is 6.48. The minimum atomic E-state index is -0.0928. The monoisotopic (exact) mass is 404 g/mol. The normalized spacial score (nSPS) is 18.0. The van der Waals surface area contributed by atoms with E-state index in [9.17, 15) is 0 Å². The Morgan fingerprint density at radius 1 is 1.07 bits per heavy atom. The van der Waals surface area contributed by atoms with Crippen molar-refractivity contribution in [3.05, 3.63) is 77.9 Å². The quantitative estimate of drug-likeness (QED) is 0.452. The van der Waals surface area contributed by atoms with Crippen LogP contribution in [0.4, 0.5) is 0 Å². The van der Waals surface area contributed by atoms with Gasteiger partial charge >= 0.3 is 0 Å². The molecule has 0 amide bonds. The van der Waals surface area contributed by atoms with Gasteiger partial charge in [-0.3, -0.25) is 0 Å². The first kappa shape index (κ1) is 20.3. The lowest BCUT2D eigenvalue weighted by Crippen LogP contribution is -2.25. The fourth-order valence-corrected chi connectivity index (χ4v) is 4.31. The highest BCUT2D eigenvalue weighted by atomic mass is 16.5. The third-order valence-electron chi connectivity index (χ3n) is 5.65. The smallest absolute Gasteiger partial charge is 0.137 e. The highest BCUT2D eigenvalue weighted by Crippen LogP contribution is 2.48. The van der Waals surface area contributed by atoms with E-state index in [4.69, 9.17) is 18.9 Å². The van der Waals surface area contributed by atoms with E-state index in [1.807, 2.05) is 36.4 Å². The number of hydrogen-bond acceptors (Lipinski definition) is 4. The van der Waals surface area contributed by atoms with Crippen LogP contribution in [0.2, 0.25) is 0 Å². The molecule has 0 fully saturated rings. The van der Waals surface area contributed by atoms with E-state index in [-0.39, 0.29) is 12.2 Å². The van der Waals surface area contributed by atoms with E-state index in [2.05, 4.69) is 31.7 Å². The fraction of sp³-hybridized carbons (Fsp3) is 0.308. The molecule has 0 saturated carbocycles. The lowest BCUT2D eigenvalue weighted by molar-refractivity contribution is -0.0149. The van der Waals surface area contributed by atoms with E-state index < -0.39 is 0 Å². The van der Waals surface area contributed by atoms with Gasteiger partial charge in [-0.25, -0.2) is 0 Å². The van der Waals surface area contributed by atoms with Gasteiger partial charge in [0, 0.05) is 10.9 Å². The van der Waals surface area contributed by atoms with E-state index >= 15 is 0 Å². The summed E-state index contributed by atoms with van der Waals surface area (Å²) in [6.45, 7) is 6.43. The Balaban J connectivity index is 1.91. The van der Waals surface area contributed by atoms with E-state index in [1.165, 1.54) is 5.56 Å². The molecule has 1 aliphatic rings. The summed E-state index contributed by atoms with van der Waals surface area (Å²) in [6, 6.07) is 16.3. The topological polar surface area (TPSA) is 36.9 Å². The van der Waals surface area contributed by atoms with Crippen LogP contribution < -0.4 is 14.2 Å². The van der Waals surface area contributed by atoms with Crippen molar-refractivity contribution in [2.75, 3.05) is 14.2 Å². The number of benzene rings is 3. The summed E-state index contributed by atoms with van der Waals surface area (Å²) < 4.78 is 24.2. The molecule has 4 rings (SSSR count). The van der Waals surface area contributed by atoms with Crippen LogP contribution in [0.5, 0.6) is 17.2 Å². The first-order valence-corrected chi connectivity index (χ1v) is 10.3. The molecule has 0 N–H and O–H groups in total. The lowest BCUT2D eigenvalue weighted by Gasteiger charge is -2.32. The van der Waals surface area contributed by atoms with Crippen molar-refractivity contribution in [3.63, 3.8) is 0 Å². The SMILES string of the molecule is C=CC[C@H]1Cc2cc3c(OC)ccc(OC)c3c(OCc3ccccc3)c2[C@H](C)O1. The first-order chi connectivity index (χ1) is 14.7. The van der Waals surface area contributed by atoms with Crippen LogP contribution in [0, 0.1) is 0 Å². The second kappa shape index (κ2) is 8.80. The average Bonchev–Trinajstić information content (AvgIpc) is 2.76. The van der Waals surface area contributed by atoms with Crippen LogP contribution in [-0.4, -0.2) is 20.3 Å². The largest absolute Gasteiger partial charge is 0.496 e. The fourth-order valence-electron chi connectivity index (χ4n) is 4.31. The van der Waals surface area contributed by atoms with Gasteiger partial charge in [-0.2, -0.15) is 0 Å². The minimum absolute atomic E-state index is 0.0928. The summed E-state index contributed by atoms with van der Waals surface area (Å²) in [6.07, 6.45) is 3.56. The van der Waals surface area contributed by atoms with Crippen LogP contribution in [0.25, 0.3) is 10.8 Å². The van der Waals surface area contributed by atoms with Crippen molar-refractivity contribution in [2.45, 2.75) is 38.6 Å². The number of ether oxygens (including phenoxy) is 4. The number of rotatable bonds is 7. The van der Waals surface area contributed by atoms with E-state index in [0.29, 0.717) is 6.61 Å². The second-order valence-corrected chi connectivity index (χ2v) is 7.57. The minimum Gasteiger partial charge on any atom is -0.496 e. The van der Waals surface area contributed by atoms with Crippen LogP contribution in [0.1, 0.15) is 36.1 Å². The summed E-state index contributed by atoms with van der Waals surface area (Å²) in [4.78, 5) is 0. The maximum Gasteiger partial charge on any atom is 0.137 e. The van der Waals surface area contributed by atoms with Gasteiger partial charge in [0.05, 0.1) is 31.8 Å². The molecule has 0 spiro atoms. The molecule has 3 aromatic carbocycles. The van der Waals surface area contributed by atoms with Crippen molar-refractivity contribution in [1.29, 1.82) is 0 Å². The van der Waals surface area contributed by atoms with Gasteiger partial charge in [-0.1, -0.05) is 36.4 Å². The average molecular weight is 405 g/mol. The Labute approximate surface area is 178 Å². The molecule has 0 aromatic heterocycles. The highest BCUT2D eigenvalue weighted by Gasteiger charge is 2.30. The number of methoxy groups -OCH3 is 2. The van der Waals surface area contributed by atoms with Gasteiger partial charge in [0.2, 0.25) is 0 Å². The molecule has 0 saturated heterocycles. The van der Waals surface area contributed by atoms with Gasteiger partial charge in [0.25, 0.3) is 0 Å². The first-order valence-electron chi connectivity index (χ1n) is 10.3. The molecule has 0 aliphatic carbocycles. The summed E-state index contributed by atoms with van der Waals surface area (Å²) in [7, 11) is 3.37. The summed E-state index contributed by atoms with van der Waals surface area (Å²) in [5.41, 5.74) is 3.42. The molecule has 0 radical (unpaired) electrons. The molecule has 0 bridgehead atoms. The Morgan fingerprint density at radius 3 is 2.50 bits per heavy atom. The van der Waals surface area contributed by atoms with Crippen molar-refractivity contribution >= 4 is 10.8 Å². The zero-order valence-corrected chi connectivity index (χ0v) is 17.8. The number of hydrogen-bond donors (Lipinski definition) is 0. The van der Waals surface area contributed by atoms with E-state index in [0.717, 1.165) is 52.0 Å². The van der Waals surface area contributed by atoms with Crippen molar-refractivity contribution in [3.8, 4) is 17.2 Å². The van der Waals surface area contributed by atoms with Gasteiger partial charge in [-0.05, 0) is 49.1 Å². The molecule has 1 heterocycles. The zero-order valence-electron chi connectivity index (χ0n) is 17.8. The Morgan fingerprint density at radius 2 is 1.80 bits per heavy atom. The third-order valence-corrected chi connectivity index (χ3v) is 5.65. The summed E-state index contributed by atoms with van der Waals surface area (Å²) >= 11 is 0. The van der Waals surface area contributed by atoms with Crippen molar-refractivity contribution in [2.24, 2.45) is 0 Å². The van der Waals surface area contributed by atoms with Crippen LogP contribution in [0.15, 0.2) is 61.2 Å². The third kappa shape index (κ3) is 3.75. The molecule has 4 heteroatoms. The summed E-state index contributed by atoms with van der Waals surface area (Å²) in [5.74, 6) is 2.38. The van der Waals surface area contributed by atoms with Crippen molar-refractivity contribution in [1.82, 2.24) is 0 Å². The zero-order chi connectivity index (χ0) is 21.1. The molecular weight excluding hydrogens is 376 g/mol. The molecule has 3 aromatic rings. The predicted molar refractivity (Wildman–Crippen MR) is 120 cm³/mol. The molecule has 1 aliphatic heterocycles. The molecule has 156 valence electrons. The van der Waals surface area contributed by atoms with Gasteiger partial charge in [0.1, 0.15) is 23.9 Å². The standard InChI is InChI=1S/C26H28O4/c1-5-9-20-14-19-15-21-22(27-3)12-13-23(28-4)25(21)26(24(19)17(2)30-20)29-16-18-10-7-6-8-11-18/h5-8,10-13,15,17,20H,1,9,14,16H2,2-4H3/t17-,20-/m0/s1. The predicted octanol–water partition coefficient (Wildman–Crippen LogP) is 6.01. The van der Waals surface area contributed by atoms with Crippen LogP contribution in [0.3, 0.4) is 0 Å². The molecule has 0 unspecified atom stereocenters. The Kier molecular flexibility index (Phi) is 5.96. The van der Waals surface area contributed by atoms with Gasteiger partial charge in [0.15, 0.2) is 0 Å². The highest BCUT2D eigenvalue weighted by molar-refractivity contribution is 5.99. The van der Waals surface area contributed by atoms with Crippen molar-refractivity contribution < 1.29 is 18.9 Å². The number of fused-ring (bicyclic) bond motifs is 2. The maximum absolute atomic E-state index is 6.48. The lowest BCUT2D eigenvalue weighted by atomic mass is 9.89. The Hall–Kier alpha value is -2.98. The molecule has 4 nitrogen and oxygen atoms in total. The molecular formula is C26H28O4.